The number of anilines is 1. The predicted molar refractivity (Wildman–Crippen MR) is 75.9 cm³/mol. The molecule has 0 radical (unpaired) electrons. The molecule has 0 fully saturated rings. The van der Waals surface area contributed by atoms with E-state index in [4.69, 9.17) is 0 Å². The maximum atomic E-state index is 12.1. The van der Waals surface area contributed by atoms with Crippen molar-refractivity contribution >= 4 is 16.5 Å². The third kappa shape index (κ3) is 2.28. The highest BCUT2D eigenvalue weighted by Crippen LogP contribution is 2.23. The molecule has 0 spiro atoms. The molecule has 19 heavy (non-hydrogen) atoms. The fraction of sp³-hybridized carbons (Fsp3) is 0.462. The van der Waals surface area contributed by atoms with Crippen LogP contribution in [0.25, 0.3) is 0 Å². The van der Waals surface area contributed by atoms with Crippen LogP contribution in [-0.2, 0) is 19.4 Å². The average molecular weight is 276 g/mol. The lowest BCUT2D eigenvalue weighted by Gasteiger charge is -2.11. The van der Waals surface area contributed by atoms with Gasteiger partial charge in [-0.05, 0) is 31.7 Å². The van der Waals surface area contributed by atoms with Crippen LogP contribution in [0.3, 0.4) is 0 Å². The number of nitrogens with zero attached hydrogens (tertiary/aromatic N) is 3. The molecule has 0 atom stereocenters. The molecule has 1 aliphatic carbocycles. The molecule has 0 amide bonds. The highest BCUT2D eigenvalue weighted by Gasteiger charge is 2.17. The Balaban J connectivity index is 1.97. The molecule has 6 heteroatoms. The summed E-state index contributed by atoms with van der Waals surface area (Å²) in [7, 11) is 0. The largest absolute Gasteiger partial charge is 0.374 e. The first-order valence-corrected chi connectivity index (χ1v) is 7.33. The molecule has 5 nitrogen and oxygen atoms in total. The van der Waals surface area contributed by atoms with Crippen molar-refractivity contribution in [2.45, 2.75) is 32.7 Å². The van der Waals surface area contributed by atoms with E-state index in [1.165, 1.54) is 22.8 Å². The number of fused-ring (bicyclic) bond motifs is 1. The molecule has 2 heterocycles. The van der Waals surface area contributed by atoms with E-state index in [9.17, 15) is 4.79 Å². The van der Waals surface area contributed by atoms with Gasteiger partial charge in [0.2, 0.25) is 0 Å². The first-order chi connectivity index (χ1) is 9.29. The van der Waals surface area contributed by atoms with Gasteiger partial charge in [0.15, 0.2) is 0 Å². The Morgan fingerprint density at radius 3 is 3.16 bits per heavy atom. The number of pyridine rings is 1. The standard InChI is InChI=1S/C13H16N4OS/c1-2-14-13-10(15-16-19-13)8-17-11-5-3-4-9(11)6-7-12(17)18/h6-7,14H,2-5,8H2,1H3. The summed E-state index contributed by atoms with van der Waals surface area (Å²) in [5.41, 5.74) is 3.38. The average Bonchev–Trinajstić information content (AvgIpc) is 3.02. The van der Waals surface area contributed by atoms with Crippen molar-refractivity contribution in [2.75, 3.05) is 11.9 Å². The smallest absolute Gasteiger partial charge is 0.251 e. The van der Waals surface area contributed by atoms with Gasteiger partial charge < -0.3 is 9.88 Å². The van der Waals surface area contributed by atoms with Crippen molar-refractivity contribution in [3.63, 3.8) is 0 Å². The fourth-order valence-electron chi connectivity index (χ4n) is 2.56. The summed E-state index contributed by atoms with van der Waals surface area (Å²) < 4.78 is 5.82. The Kier molecular flexibility index (Phi) is 3.33. The maximum Gasteiger partial charge on any atom is 0.251 e. The van der Waals surface area contributed by atoms with Crippen molar-refractivity contribution in [1.82, 2.24) is 14.2 Å². The molecule has 0 bridgehead atoms. The first-order valence-electron chi connectivity index (χ1n) is 6.56. The van der Waals surface area contributed by atoms with Gasteiger partial charge in [0.05, 0.1) is 6.54 Å². The lowest BCUT2D eigenvalue weighted by atomic mass is 10.2. The van der Waals surface area contributed by atoms with Crippen molar-refractivity contribution in [2.24, 2.45) is 0 Å². The Labute approximate surface area is 115 Å². The molecule has 2 aromatic rings. The minimum atomic E-state index is 0.0519. The number of hydrogen-bond acceptors (Lipinski definition) is 5. The Bertz CT molecular complexity index is 646. The van der Waals surface area contributed by atoms with Crippen LogP contribution in [0.1, 0.15) is 30.3 Å². The number of aromatic nitrogens is 3. The van der Waals surface area contributed by atoms with Gasteiger partial charge in [0.25, 0.3) is 5.56 Å². The molecule has 1 N–H and O–H groups in total. The summed E-state index contributed by atoms with van der Waals surface area (Å²) in [4.78, 5) is 12.1. The zero-order valence-electron chi connectivity index (χ0n) is 10.8. The van der Waals surface area contributed by atoms with Crippen molar-refractivity contribution in [1.29, 1.82) is 0 Å². The van der Waals surface area contributed by atoms with E-state index >= 15 is 0 Å². The third-order valence-electron chi connectivity index (χ3n) is 3.45. The van der Waals surface area contributed by atoms with E-state index in [0.717, 1.165) is 36.5 Å². The van der Waals surface area contributed by atoms with Crippen molar-refractivity contribution < 1.29 is 0 Å². The van der Waals surface area contributed by atoms with Gasteiger partial charge in [-0.1, -0.05) is 10.6 Å². The van der Waals surface area contributed by atoms with Crippen LogP contribution in [0.15, 0.2) is 16.9 Å². The monoisotopic (exact) mass is 276 g/mol. The summed E-state index contributed by atoms with van der Waals surface area (Å²) in [5.74, 6) is 0. The lowest BCUT2D eigenvalue weighted by Crippen LogP contribution is -2.23. The summed E-state index contributed by atoms with van der Waals surface area (Å²) in [6, 6.07) is 3.63. The van der Waals surface area contributed by atoms with Gasteiger partial charge in [-0.2, -0.15) is 0 Å². The number of rotatable bonds is 4. The SMILES string of the molecule is CCNc1snnc1Cn1c2c(ccc1=O)CCC2. The van der Waals surface area contributed by atoms with Crippen LogP contribution in [-0.4, -0.2) is 20.7 Å². The van der Waals surface area contributed by atoms with E-state index in [2.05, 4.69) is 14.9 Å². The molecule has 0 aromatic carbocycles. The lowest BCUT2D eigenvalue weighted by molar-refractivity contribution is 0.691. The minimum Gasteiger partial charge on any atom is -0.374 e. The van der Waals surface area contributed by atoms with E-state index in [1.54, 1.807) is 6.07 Å². The minimum absolute atomic E-state index is 0.0519. The summed E-state index contributed by atoms with van der Waals surface area (Å²) in [6.45, 7) is 3.38. The highest BCUT2D eigenvalue weighted by molar-refractivity contribution is 7.10. The van der Waals surface area contributed by atoms with Gasteiger partial charge in [0, 0.05) is 29.8 Å². The predicted octanol–water partition coefficient (Wildman–Crippen LogP) is 1.67. The second-order valence-electron chi connectivity index (χ2n) is 4.66. The molecule has 0 unspecified atom stereocenters. The highest BCUT2D eigenvalue weighted by atomic mass is 32.1. The second kappa shape index (κ2) is 5.13. The van der Waals surface area contributed by atoms with Crippen LogP contribution in [0.5, 0.6) is 0 Å². The molecule has 2 aromatic heterocycles. The molecule has 0 saturated heterocycles. The maximum absolute atomic E-state index is 12.1. The van der Waals surface area contributed by atoms with Gasteiger partial charge >= 0.3 is 0 Å². The molecular weight excluding hydrogens is 260 g/mol. The Morgan fingerprint density at radius 1 is 1.42 bits per heavy atom. The van der Waals surface area contributed by atoms with Crippen LogP contribution in [0.4, 0.5) is 5.00 Å². The van der Waals surface area contributed by atoms with E-state index in [-0.39, 0.29) is 5.56 Å². The zero-order valence-corrected chi connectivity index (χ0v) is 11.7. The van der Waals surface area contributed by atoms with Crippen molar-refractivity contribution in [3.8, 4) is 0 Å². The fourth-order valence-corrected chi connectivity index (χ4v) is 3.20. The number of hydrogen-bond donors (Lipinski definition) is 1. The summed E-state index contributed by atoms with van der Waals surface area (Å²) in [5, 5.41) is 8.35. The number of nitrogens with one attached hydrogen (secondary N) is 1. The van der Waals surface area contributed by atoms with E-state index in [1.807, 2.05) is 17.6 Å². The molecule has 100 valence electrons. The zero-order chi connectivity index (χ0) is 13.2. The Hall–Kier alpha value is -1.69. The van der Waals surface area contributed by atoms with Gasteiger partial charge in [0.1, 0.15) is 10.7 Å². The summed E-state index contributed by atoms with van der Waals surface area (Å²) in [6.07, 6.45) is 3.19. The van der Waals surface area contributed by atoms with Gasteiger partial charge in [-0.15, -0.1) is 5.10 Å². The van der Waals surface area contributed by atoms with Crippen LogP contribution >= 0.6 is 11.5 Å². The van der Waals surface area contributed by atoms with Gasteiger partial charge in [-0.25, -0.2) is 0 Å². The first kappa shape index (κ1) is 12.3. The third-order valence-corrected chi connectivity index (χ3v) is 4.18. The molecule has 0 saturated carbocycles. The van der Waals surface area contributed by atoms with Crippen LogP contribution < -0.4 is 10.9 Å². The second-order valence-corrected chi connectivity index (χ2v) is 5.42. The quantitative estimate of drug-likeness (QED) is 0.923. The van der Waals surface area contributed by atoms with Crippen LogP contribution in [0.2, 0.25) is 0 Å². The van der Waals surface area contributed by atoms with Crippen molar-refractivity contribution in [3.05, 3.63) is 39.4 Å². The molecule has 3 rings (SSSR count). The Morgan fingerprint density at radius 2 is 2.32 bits per heavy atom. The molecule has 1 aliphatic rings. The molecule has 0 aliphatic heterocycles. The van der Waals surface area contributed by atoms with E-state index < -0.39 is 0 Å². The normalized spacial score (nSPS) is 13.5. The summed E-state index contributed by atoms with van der Waals surface area (Å²) >= 11 is 1.34. The topological polar surface area (TPSA) is 59.8 Å². The van der Waals surface area contributed by atoms with Gasteiger partial charge in [-0.3, -0.25) is 4.79 Å². The van der Waals surface area contributed by atoms with E-state index in [0.29, 0.717) is 6.54 Å². The molecular formula is C13H16N4OS. The van der Waals surface area contributed by atoms with Crippen LogP contribution in [0, 0.1) is 0 Å². The number of aryl methyl sites for hydroxylation is 1.